The van der Waals surface area contributed by atoms with E-state index in [0.29, 0.717) is 50.8 Å². The average Bonchev–Trinajstić information content (AvgIpc) is 3.28. The number of esters is 2. The molecule has 11 nitrogen and oxygen atoms in total. The van der Waals surface area contributed by atoms with Gasteiger partial charge in [-0.1, -0.05) is 0 Å². The van der Waals surface area contributed by atoms with E-state index in [2.05, 4.69) is 46.6 Å². The minimum Gasteiger partial charge on any atom is -0.497 e. The molecule has 1 unspecified atom stereocenters. The lowest BCUT2D eigenvalue weighted by molar-refractivity contribution is -0.143. The van der Waals surface area contributed by atoms with Crippen molar-refractivity contribution < 1.29 is 33.3 Å². The lowest BCUT2D eigenvalue weighted by Gasteiger charge is -2.06. The molecule has 3 heterocycles. The maximum absolute atomic E-state index is 11.7. The summed E-state index contributed by atoms with van der Waals surface area (Å²) in [5, 5.41) is -1.15. The van der Waals surface area contributed by atoms with Crippen molar-refractivity contribution in [2.24, 2.45) is 0 Å². The number of halogens is 3. The number of rotatable bonds is 7. The van der Waals surface area contributed by atoms with Crippen molar-refractivity contribution in [1.29, 1.82) is 0 Å². The van der Waals surface area contributed by atoms with Crippen LogP contribution in [0.3, 0.4) is 0 Å². The molecule has 3 rings (SSSR count). The highest BCUT2D eigenvalue weighted by atomic mass is 79.9. The maximum atomic E-state index is 11.7. The fourth-order valence-corrected chi connectivity index (χ4v) is 3.49. The Hall–Kier alpha value is -2.90. The SMILES string of the molecule is CCOC(=O)C(Cl)C=O.CCOC(=O)c1cnc2cc(OC)cc(Br)n12.COc1cc(N)nc(Br)c1. The molecule has 0 aromatic carbocycles. The van der Waals surface area contributed by atoms with E-state index >= 15 is 0 Å². The smallest absolute Gasteiger partial charge is 0.357 e. The van der Waals surface area contributed by atoms with Crippen molar-refractivity contribution in [2.45, 2.75) is 19.2 Å². The van der Waals surface area contributed by atoms with Crippen LogP contribution in [0.1, 0.15) is 24.3 Å². The molecule has 0 radical (unpaired) electrons. The van der Waals surface area contributed by atoms with E-state index < -0.39 is 17.3 Å². The van der Waals surface area contributed by atoms with Gasteiger partial charge in [0, 0.05) is 24.3 Å². The summed E-state index contributed by atoms with van der Waals surface area (Å²) in [6, 6.07) is 6.91. The number of anilines is 1. The van der Waals surface area contributed by atoms with Gasteiger partial charge in [-0.15, -0.1) is 11.6 Å². The lowest BCUT2D eigenvalue weighted by atomic mass is 10.4. The Morgan fingerprint density at radius 3 is 2.22 bits per heavy atom. The van der Waals surface area contributed by atoms with Crippen molar-refractivity contribution in [3.8, 4) is 11.5 Å². The van der Waals surface area contributed by atoms with Crippen LogP contribution in [0.4, 0.5) is 5.82 Å². The van der Waals surface area contributed by atoms with Crippen LogP contribution >= 0.6 is 43.5 Å². The quantitative estimate of drug-likeness (QED) is 0.130. The molecule has 2 N–H and O–H groups in total. The summed E-state index contributed by atoms with van der Waals surface area (Å²) in [5.74, 6) is 0.746. The zero-order valence-corrected chi connectivity index (χ0v) is 23.8. The number of nitrogen functional groups attached to an aromatic ring is 1. The topological polar surface area (TPSA) is 144 Å². The number of nitrogens with zero attached hydrogens (tertiary/aromatic N) is 3. The average molecular weight is 653 g/mol. The number of methoxy groups -OCH3 is 2. The molecule has 3 aromatic rings. The molecular formula is C22H25Br2ClN4O7. The van der Waals surface area contributed by atoms with Crippen molar-refractivity contribution in [1.82, 2.24) is 14.4 Å². The number of aromatic nitrogens is 3. The Labute approximate surface area is 229 Å². The van der Waals surface area contributed by atoms with Crippen LogP contribution in [0.2, 0.25) is 0 Å². The van der Waals surface area contributed by atoms with E-state index in [0.717, 1.165) is 0 Å². The van der Waals surface area contributed by atoms with Gasteiger partial charge in [-0.25, -0.2) is 19.6 Å². The van der Waals surface area contributed by atoms with Crippen LogP contribution in [-0.2, 0) is 19.1 Å². The molecule has 36 heavy (non-hydrogen) atoms. The molecule has 0 aliphatic heterocycles. The third-order valence-electron chi connectivity index (χ3n) is 3.91. The highest BCUT2D eigenvalue weighted by molar-refractivity contribution is 9.10. The summed E-state index contributed by atoms with van der Waals surface area (Å²) in [7, 11) is 3.16. The van der Waals surface area contributed by atoms with Crippen molar-refractivity contribution in [3.05, 3.63) is 45.4 Å². The minimum absolute atomic E-state index is 0.246. The zero-order chi connectivity index (χ0) is 27.3. The van der Waals surface area contributed by atoms with Gasteiger partial charge in [-0.3, -0.25) is 4.40 Å². The molecule has 0 amide bonds. The molecule has 0 spiro atoms. The van der Waals surface area contributed by atoms with Gasteiger partial charge in [0.2, 0.25) is 0 Å². The molecule has 0 saturated carbocycles. The Kier molecular flexibility index (Phi) is 13.8. The van der Waals surface area contributed by atoms with Gasteiger partial charge >= 0.3 is 11.9 Å². The van der Waals surface area contributed by atoms with E-state index in [1.54, 1.807) is 56.7 Å². The number of aldehydes is 1. The Balaban J connectivity index is 0.000000293. The first-order valence-corrected chi connectivity index (χ1v) is 12.2. The monoisotopic (exact) mass is 650 g/mol. The predicted octanol–water partition coefficient (Wildman–Crippen LogP) is 4.07. The molecule has 0 aliphatic rings. The van der Waals surface area contributed by atoms with Crippen LogP contribution in [0.25, 0.3) is 5.65 Å². The number of hydrogen-bond acceptors (Lipinski definition) is 10. The zero-order valence-electron chi connectivity index (χ0n) is 19.9. The summed E-state index contributed by atoms with van der Waals surface area (Å²) in [5.41, 5.74) is 6.42. The number of ether oxygens (including phenoxy) is 4. The second-order valence-corrected chi connectivity index (χ2v) is 8.42. The van der Waals surface area contributed by atoms with Crippen LogP contribution < -0.4 is 15.2 Å². The predicted molar refractivity (Wildman–Crippen MR) is 141 cm³/mol. The van der Waals surface area contributed by atoms with E-state index in [4.69, 9.17) is 31.5 Å². The Morgan fingerprint density at radius 2 is 1.69 bits per heavy atom. The number of carbonyl (C=O) groups excluding carboxylic acids is 3. The Morgan fingerprint density at radius 1 is 1.08 bits per heavy atom. The van der Waals surface area contributed by atoms with E-state index in [-0.39, 0.29) is 6.61 Å². The van der Waals surface area contributed by atoms with Crippen LogP contribution in [0.5, 0.6) is 11.5 Å². The van der Waals surface area contributed by atoms with Crippen molar-refractivity contribution in [2.75, 3.05) is 33.2 Å². The number of nitrogens with two attached hydrogens (primary N) is 1. The molecule has 0 fully saturated rings. The van der Waals surface area contributed by atoms with Crippen LogP contribution in [-0.4, -0.2) is 65.4 Å². The van der Waals surface area contributed by atoms with Gasteiger partial charge < -0.3 is 29.5 Å². The number of hydrogen-bond donors (Lipinski definition) is 1. The fraction of sp³-hybridized carbons (Fsp3) is 0.318. The molecular weight excluding hydrogens is 628 g/mol. The molecule has 0 saturated heterocycles. The second kappa shape index (κ2) is 16.0. The van der Waals surface area contributed by atoms with E-state index in [1.165, 1.54) is 6.20 Å². The van der Waals surface area contributed by atoms with Crippen molar-refractivity contribution >= 4 is 73.2 Å². The number of carbonyl (C=O) groups is 3. The van der Waals surface area contributed by atoms with Gasteiger partial charge in [0.1, 0.15) is 33.9 Å². The largest absolute Gasteiger partial charge is 0.497 e. The molecule has 0 bridgehead atoms. The first-order valence-electron chi connectivity index (χ1n) is 10.2. The third-order valence-corrected chi connectivity index (χ3v) is 5.18. The Bertz CT molecular complexity index is 1160. The van der Waals surface area contributed by atoms with E-state index in [9.17, 15) is 14.4 Å². The van der Waals surface area contributed by atoms with E-state index in [1.807, 2.05) is 0 Å². The summed E-state index contributed by atoms with van der Waals surface area (Å²) < 4.78 is 22.4. The van der Waals surface area contributed by atoms with Gasteiger partial charge in [0.25, 0.3) is 0 Å². The first kappa shape index (κ1) is 31.1. The highest BCUT2D eigenvalue weighted by Crippen LogP contribution is 2.23. The number of alkyl halides is 1. The summed E-state index contributed by atoms with van der Waals surface area (Å²) >= 11 is 11.7. The molecule has 14 heteroatoms. The maximum Gasteiger partial charge on any atom is 0.357 e. The van der Waals surface area contributed by atoms with Crippen LogP contribution in [0, 0.1) is 0 Å². The lowest BCUT2D eigenvalue weighted by Crippen LogP contribution is -2.18. The summed E-state index contributed by atoms with van der Waals surface area (Å²) in [6.07, 6.45) is 1.82. The number of fused-ring (bicyclic) bond motifs is 1. The number of imidazole rings is 1. The van der Waals surface area contributed by atoms with Gasteiger partial charge in [-0.05, 0) is 45.7 Å². The van der Waals surface area contributed by atoms with Crippen LogP contribution in [0.15, 0.2) is 39.7 Å². The van der Waals surface area contributed by atoms with Gasteiger partial charge in [0.05, 0.1) is 38.2 Å². The summed E-state index contributed by atoms with van der Waals surface area (Å²) in [4.78, 5) is 39.9. The van der Waals surface area contributed by atoms with Crippen molar-refractivity contribution in [3.63, 3.8) is 0 Å². The first-order chi connectivity index (χ1) is 17.1. The number of pyridine rings is 2. The normalized spacial score (nSPS) is 10.6. The molecule has 1 atom stereocenters. The molecule has 3 aromatic heterocycles. The molecule has 0 aliphatic carbocycles. The summed E-state index contributed by atoms with van der Waals surface area (Å²) in [6.45, 7) is 3.99. The second-order valence-electron chi connectivity index (χ2n) is 6.32. The fourth-order valence-electron chi connectivity index (χ4n) is 2.40. The highest BCUT2D eigenvalue weighted by Gasteiger charge is 2.16. The van der Waals surface area contributed by atoms with Gasteiger partial charge in [0.15, 0.2) is 11.1 Å². The minimum atomic E-state index is -1.15. The third kappa shape index (κ3) is 9.63. The standard InChI is InChI=1S/C11H11BrN2O3.C6H7BrN2O.C5H7ClO3/c1-3-17-11(15)8-6-13-10-5-7(16-2)4-9(12)14(8)10;1-10-4-2-5(7)9-6(8)3-4;1-2-9-5(8)4(6)3-7/h4-6H,3H2,1-2H3;2-3H,1H3,(H2,8,9);3-4H,2H2,1H3. The van der Waals surface area contributed by atoms with Gasteiger partial charge in [-0.2, -0.15) is 0 Å². The molecule has 196 valence electrons.